The summed E-state index contributed by atoms with van der Waals surface area (Å²) in [4.78, 5) is 24.7. The fourth-order valence-electron chi connectivity index (χ4n) is 3.98. The van der Waals surface area contributed by atoms with Crippen LogP contribution < -0.4 is 10.2 Å². The Kier molecular flexibility index (Phi) is 5.43. The molecule has 0 spiro atoms. The number of hydrogen-bond acceptors (Lipinski definition) is 6. The summed E-state index contributed by atoms with van der Waals surface area (Å²) < 4.78 is 0. The molecule has 0 bridgehead atoms. The first-order valence-corrected chi connectivity index (χ1v) is 10.4. The lowest BCUT2D eigenvalue weighted by Crippen LogP contribution is -2.45. The number of aromatic nitrogens is 1. The summed E-state index contributed by atoms with van der Waals surface area (Å²) in [5.74, 6) is 0.832. The Morgan fingerprint density at radius 2 is 2.03 bits per heavy atom. The first kappa shape index (κ1) is 20.3. The second kappa shape index (κ2) is 8.03. The highest BCUT2D eigenvalue weighted by Gasteiger charge is 2.40. The van der Waals surface area contributed by atoms with Crippen molar-refractivity contribution in [3.05, 3.63) is 65.9 Å². The van der Waals surface area contributed by atoms with Gasteiger partial charge in [0.1, 0.15) is 5.82 Å². The Labute approximate surface area is 177 Å². The molecule has 1 saturated heterocycles. The number of ketones is 1. The Morgan fingerprint density at radius 1 is 1.27 bits per heavy atom. The van der Waals surface area contributed by atoms with Crippen LogP contribution in [-0.4, -0.2) is 41.2 Å². The highest BCUT2D eigenvalue weighted by Crippen LogP contribution is 2.31. The zero-order chi connectivity index (χ0) is 21.3. The van der Waals surface area contributed by atoms with Gasteiger partial charge in [-0.05, 0) is 57.4 Å². The molecule has 2 aromatic rings. The van der Waals surface area contributed by atoms with E-state index in [1.165, 1.54) is 0 Å². The first-order valence-electron chi connectivity index (χ1n) is 10.4. The highest BCUT2D eigenvalue weighted by atomic mass is 16.7. The molecule has 1 unspecified atom stereocenters. The highest BCUT2D eigenvalue weighted by molar-refractivity contribution is 6.49. The number of rotatable bonds is 5. The summed E-state index contributed by atoms with van der Waals surface area (Å²) in [7, 11) is 0. The average Bonchev–Trinajstić information content (AvgIpc) is 3.03. The van der Waals surface area contributed by atoms with Crippen molar-refractivity contribution in [1.82, 2.24) is 10.3 Å². The monoisotopic (exact) mass is 404 g/mol. The number of pyridine rings is 1. The maximum absolute atomic E-state index is 12.5. The maximum atomic E-state index is 12.5. The zero-order valence-corrected chi connectivity index (χ0v) is 17.8. The molecule has 0 saturated carbocycles. The van der Waals surface area contributed by atoms with Crippen LogP contribution in [0.4, 0.5) is 5.82 Å². The van der Waals surface area contributed by atoms with Crippen LogP contribution in [0.1, 0.15) is 43.4 Å². The Bertz CT molecular complexity index is 989. The van der Waals surface area contributed by atoms with Crippen LogP contribution in [0, 0.1) is 6.92 Å². The fourth-order valence-corrected chi connectivity index (χ4v) is 3.98. The summed E-state index contributed by atoms with van der Waals surface area (Å²) in [6.45, 7) is 11.9. The van der Waals surface area contributed by atoms with Crippen LogP contribution in [-0.2, 0) is 9.63 Å². The number of aryl methyl sites for hydroxylation is 1. The minimum Gasteiger partial charge on any atom is -0.381 e. The SMILES string of the molecule is C=C(c1ccc(C2=NOC(C)(C)C2=O)cc1)N(c1ncccc1C)C1CCCNC1. The predicted octanol–water partition coefficient (Wildman–Crippen LogP) is 3.70. The molecule has 1 aromatic carbocycles. The molecule has 3 heterocycles. The summed E-state index contributed by atoms with van der Waals surface area (Å²) in [5.41, 5.74) is 3.21. The molecule has 0 amide bonds. The van der Waals surface area contributed by atoms with E-state index in [4.69, 9.17) is 4.84 Å². The number of carbonyl (C=O) groups is 1. The quantitative estimate of drug-likeness (QED) is 0.823. The van der Waals surface area contributed by atoms with Gasteiger partial charge in [0.2, 0.25) is 5.78 Å². The summed E-state index contributed by atoms with van der Waals surface area (Å²) in [5, 5.41) is 7.49. The number of piperidine rings is 1. The third-order valence-corrected chi connectivity index (χ3v) is 5.76. The Hall–Kier alpha value is -2.99. The van der Waals surface area contributed by atoms with Crippen molar-refractivity contribution < 1.29 is 9.63 Å². The van der Waals surface area contributed by atoms with Crippen LogP contribution in [0.2, 0.25) is 0 Å². The van der Waals surface area contributed by atoms with E-state index in [9.17, 15) is 4.79 Å². The van der Waals surface area contributed by atoms with E-state index < -0.39 is 5.60 Å². The lowest BCUT2D eigenvalue weighted by Gasteiger charge is -2.37. The largest absolute Gasteiger partial charge is 0.381 e. The van der Waals surface area contributed by atoms with E-state index >= 15 is 0 Å². The molecular formula is C24H28N4O2. The lowest BCUT2D eigenvalue weighted by molar-refractivity contribution is -0.128. The molecule has 6 heteroatoms. The van der Waals surface area contributed by atoms with Gasteiger partial charge in [-0.1, -0.05) is 42.1 Å². The molecule has 4 rings (SSSR count). The minimum absolute atomic E-state index is 0.104. The Morgan fingerprint density at radius 3 is 2.63 bits per heavy atom. The second-order valence-corrected chi connectivity index (χ2v) is 8.41. The smallest absolute Gasteiger partial charge is 0.230 e. The average molecular weight is 405 g/mol. The van der Waals surface area contributed by atoms with Crippen LogP contribution in [0.3, 0.4) is 0 Å². The van der Waals surface area contributed by atoms with Gasteiger partial charge in [0, 0.05) is 30.0 Å². The normalized spacial score (nSPS) is 20.4. The van der Waals surface area contributed by atoms with E-state index in [0.29, 0.717) is 5.71 Å². The molecule has 0 radical (unpaired) electrons. The molecule has 0 aliphatic carbocycles. The zero-order valence-electron chi connectivity index (χ0n) is 17.8. The molecular weight excluding hydrogens is 376 g/mol. The second-order valence-electron chi connectivity index (χ2n) is 8.41. The third kappa shape index (κ3) is 3.75. The van der Waals surface area contributed by atoms with E-state index in [0.717, 1.165) is 54.1 Å². The summed E-state index contributed by atoms with van der Waals surface area (Å²) in [6.07, 6.45) is 4.03. The van der Waals surface area contributed by atoms with E-state index in [1.807, 2.05) is 36.5 Å². The van der Waals surface area contributed by atoms with Gasteiger partial charge in [0.15, 0.2) is 11.3 Å². The number of oxime groups is 1. The maximum Gasteiger partial charge on any atom is 0.230 e. The molecule has 1 atom stereocenters. The van der Waals surface area contributed by atoms with Crippen molar-refractivity contribution in [2.45, 2.75) is 45.3 Å². The van der Waals surface area contributed by atoms with Crippen molar-refractivity contribution in [2.24, 2.45) is 5.16 Å². The van der Waals surface area contributed by atoms with Crippen LogP contribution in [0.5, 0.6) is 0 Å². The van der Waals surface area contributed by atoms with Gasteiger partial charge in [0.25, 0.3) is 0 Å². The van der Waals surface area contributed by atoms with Gasteiger partial charge >= 0.3 is 0 Å². The molecule has 2 aliphatic rings. The molecule has 1 N–H and O–H groups in total. The minimum atomic E-state index is -0.904. The van der Waals surface area contributed by atoms with E-state index in [2.05, 4.69) is 39.9 Å². The number of carbonyl (C=O) groups excluding carboxylic acids is 1. The molecule has 156 valence electrons. The van der Waals surface area contributed by atoms with Crippen molar-refractivity contribution in [1.29, 1.82) is 0 Å². The van der Waals surface area contributed by atoms with Gasteiger partial charge in [-0.3, -0.25) is 4.79 Å². The predicted molar refractivity (Wildman–Crippen MR) is 120 cm³/mol. The van der Waals surface area contributed by atoms with Gasteiger partial charge < -0.3 is 15.1 Å². The molecule has 30 heavy (non-hydrogen) atoms. The number of benzene rings is 1. The number of nitrogens with one attached hydrogen (secondary N) is 1. The lowest BCUT2D eigenvalue weighted by atomic mass is 9.95. The molecule has 1 aromatic heterocycles. The molecule has 2 aliphatic heterocycles. The number of nitrogens with zero attached hydrogens (tertiary/aromatic N) is 3. The van der Waals surface area contributed by atoms with E-state index in [-0.39, 0.29) is 11.8 Å². The topological polar surface area (TPSA) is 66.8 Å². The molecule has 1 fully saturated rings. The van der Waals surface area contributed by atoms with Crippen LogP contribution in [0.15, 0.2) is 54.3 Å². The molecule has 6 nitrogen and oxygen atoms in total. The van der Waals surface area contributed by atoms with Crippen LogP contribution in [0.25, 0.3) is 5.70 Å². The first-order chi connectivity index (χ1) is 14.4. The van der Waals surface area contributed by atoms with Gasteiger partial charge in [-0.2, -0.15) is 0 Å². The standard InChI is InChI=1S/C24H28N4O2/c1-16-7-5-14-26-23(16)28(20-8-6-13-25-15-20)17(2)18-9-11-19(12-10-18)21-22(29)24(3,4)30-27-21/h5,7,9-12,14,20,25H,2,6,8,13,15H2,1,3-4H3. The van der Waals surface area contributed by atoms with Gasteiger partial charge in [0.05, 0.1) is 0 Å². The number of Topliss-reactive ketones (excluding diaryl/α,β-unsaturated/α-hetero) is 1. The van der Waals surface area contributed by atoms with Crippen molar-refractivity contribution >= 4 is 23.0 Å². The third-order valence-electron chi connectivity index (χ3n) is 5.76. The van der Waals surface area contributed by atoms with E-state index in [1.54, 1.807) is 13.8 Å². The van der Waals surface area contributed by atoms with Gasteiger partial charge in [-0.15, -0.1) is 0 Å². The summed E-state index contributed by atoms with van der Waals surface area (Å²) in [6, 6.07) is 12.1. The Balaban J connectivity index is 1.63. The van der Waals surface area contributed by atoms with Crippen LogP contribution >= 0.6 is 0 Å². The number of anilines is 1. The van der Waals surface area contributed by atoms with Crippen molar-refractivity contribution in [3.63, 3.8) is 0 Å². The fraction of sp³-hybridized carbons (Fsp3) is 0.375. The summed E-state index contributed by atoms with van der Waals surface area (Å²) >= 11 is 0. The number of hydrogen-bond donors (Lipinski definition) is 1. The van der Waals surface area contributed by atoms with Crippen molar-refractivity contribution in [2.75, 3.05) is 18.0 Å². The van der Waals surface area contributed by atoms with Gasteiger partial charge in [-0.25, -0.2) is 4.98 Å². The van der Waals surface area contributed by atoms with Crippen molar-refractivity contribution in [3.8, 4) is 0 Å².